The molecule has 0 aromatic carbocycles. The van der Waals surface area contributed by atoms with Crippen LogP contribution in [0.4, 0.5) is 0 Å². The number of ether oxygens (including phenoxy) is 1. The van der Waals surface area contributed by atoms with Gasteiger partial charge < -0.3 is 15.6 Å². The van der Waals surface area contributed by atoms with Crippen LogP contribution in [0.1, 0.15) is 19.3 Å². The molecule has 4 nitrogen and oxygen atoms in total. The summed E-state index contributed by atoms with van der Waals surface area (Å²) < 4.78 is 5.10. The van der Waals surface area contributed by atoms with Crippen molar-refractivity contribution < 1.29 is 14.6 Å². The molecule has 3 N–H and O–H groups in total. The first-order valence-electron chi connectivity index (χ1n) is 3.71. The Morgan fingerprint density at radius 1 is 1.73 bits per heavy atom. The lowest BCUT2D eigenvalue weighted by atomic mass is 9.90. The molecular formula is C7H13NO3. The Morgan fingerprint density at radius 2 is 2.45 bits per heavy atom. The summed E-state index contributed by atoms with van der Waals surface area (Å²) in [7, 11) is 0. The minimum absolute atomic E-state index is 0.00694. The number of nitrogens with two attached hydrogens (primary N) is 1. The van der Waals surface area contributed by atoms with Gasteiger partial charge in [0.25, 0.3) is 0 Å². The average molecular weight is 159 g/mol. The molecule has 0 unspecified atom stereocenters. The summed E-state index contributed by atoms with van der Waals surface area (Å²) >= 11 is 0. The molecule has 0 aliphatic carbocycles. The van der Waals surface area contributed by atoms with E-state index in [0.29, 0.717) is 13.2 Å². The van der Waals surface area contributed by atoms with Crippen LogP contribution in [0.5, 0.6) is 0 Å². The molecule has 0 bridgehead atoms. The van der Waals surface area contributed by atoms with Crippen LogP contribution in [0.15, 0.2) is 0 Å². The predicted octanol–water partition coefficient (Wildman–Crippen LogP) is -0.0310. The van der Waals surface area contributed by atoms with Crippen LogP contribution in [-0.4, -0.2) is 29.8 Å². The molecule has 1 fully saturated rings. The molecule has 0 aromatic heterocycles. The topological polar surface area (TPSA) is 72.6 Å². The molecule has 0 aromatic rings. The Kier molecular flexibility index (Phi) is 2.46. The molecule has 1 aliphatic heterocycles. The minimum atomic E-state index is -0.849. The summed E-state index contributed by atoms with van der Waals surface area (Å²) in [6, 6.07) is 0. The zero-order chi connectivity index (χ0) is 8.32. The van der Waals surface area contributed by atoms with Crippen LogP contribution in [0.2, 0.25) is 0 Å². The molecular weight excluding hydrogens is 146 g/mol. The molecule has 0 spiro atoms. The van der Waals surface area contributed by atoms with E-state index in [0.717, 1.165) is 12.8 Å². The van der Waals surface area contributed by atoms with E-state index < -0.39 is 11.5 Å². The highest BCUT2D eigenvalue weighted by Gasteiger charge is 2.30. The lowest BCUT2D eigenvalue weighted by Crippen LogP contribution is -2.48. The highest BCUT2D eigenvalue weighted by molar-refractivity contribution is 5.68. The Hall–Kier alpha value is -0.610. The van der Waals surface area contributed by atoms with Gasteiger partial charge in [-0.1, -0.05) is 0 Å². The number of carbonyl (C=O) groups is 1. The Bertz CT molecular complexity index is 152. The SMILES string of the molecule is N[C@@]1(CC(=O)O)CCCOC1. The normalized spacial score (nSPS) is 31.7. The maximum absolute atomic E-state index is 10.3. The molecule has 0 saturated carbocycles. The molecule has 64 valence electrons. The van der Waals surface area contributed by atoms with Crippen LogP contribution < -0.4 is 5.73 Å². The first-order chi connectivity index (χ1) is 5.12. The fourth-order valence-electron chi connectivity index (χ4n) is 1.31. The second-order valence-electron chi connectivity index (χ2n) is 3.09. The quantitative estimate of drug-likeness (QED) is 0.593. The monoisotopic (exact) mass is 159 g/mol. The van der Waals surface area contributed by atoms with E-state index in [9.17, 15) is 4.79 Å². The Labute approximate surface area is 65.3 Å². The molecule has 1 heterocycles. The number of carboxylic acids is 1. The van der Waals surface area contributed by atoms with Crippen molar-refractivity contribution in [3.63, 3.8) is 0 Å². The first kappa shape index (κ1) is 8.49. The molecule has 0 amide bonds. The van der Waals surface area contributed by atoms with Crippen molar-refractivity contribution >= 4 is 5.97 Å². The molecule has 1 aliphatic rings. The van der Waals surface area contributed by atoms with Gasteiger partial charge in [-0.2, -0.15) is 0 Å². The highest BCUT2D eigenvalue weighted by Crippen LogP contribution is 2.19. The second-order valence-corrected chi connectivity index (χ2v) is 3.09. The smallest absolute Gasteiger partial charge is 0.305 e. The van der Waals surface area contributed by atoms with E-state index in [1.54, 1.807) is 0 Å². The van der Waals surface area contributed by atoms with Crippen LogP contribution in [-0.2, 0) is 9.53 Å². The first-order valence-corrected chi connectivity index (χ1v) is 3.71. The second kappa shape index (κ2) is 3.19. The summed E-state index contributed by atoms with van der Waals surface area (Å²) in [5.74, 6) is -0.849. The number of aliphatic carboxylic acids is 1. The minimum Gasteiger partial charge on any atom is -0.481 e. The maximum Gasteiger partial charge on any atom is 0.305 e. The molecule has 1 atom stereocenters. The maximum atomic E-state index is 10.3. The van der Waals surface area contributed by atoms with Crippen molar-refractivity contribution in [1.29, 1.82) is 0 Å². The van der Waals surface area contributed by atoms with Gasteiger partial charge in [-0.05, 0) is 12.8 Å². The zero-order valence-electron chi connectivity index (χ0n) is 6.38. The van der Waals surface area contributed by atoms with E-state index >= 15 is 0 Å². The third kappa shape index (κ3) is 2.48. The van der Waals surface area contributed by atoms with Crippen molar-refractivity contribution in [2.45, 2.75) is 24.8 Å². The van der Waals surface area contributed by atoms with Crippen molar-refractivity contribution in [2.75, 3.05) is 13.2 Å². The molecule has 0 radical (unpaired) electrons. The van der Waals surface area contributed by atoms with Gasteiger partial charge in [-0.3, -0.25) is 4.79 Å². The van der Waals surface area contributed by atoms with Gasteiger partial charge in [0.05, 0.1) is 13.0 Å². The van der Waals surface area contributed by atoms with Gasteiger partial charge in [0, 0.05) is 12.1 Å². The summed E-state index contributed by atoms with van der Waals surface area (Å²) in [6.07, 6.45) is 1.62. The largest absolute Gasteiger partial charge is 0.481 e. The van der Waals surface area contributed by atoms with Crippen molar-refractivity contribution in [3.05, 3.63) is 0 Å². The van der Waals surface area contributed by atoms with Gasteiger partial charge in [0.2, 0.25) is 0 Å². The number of hydrogen-bond acceptors (Lipinski definition) is 3. The van der Waals surface area contributed by atoms with Crippen molar-refractivity contribution in [3.8, 4) is 0 Å². The van der Waals surface area contributed by atoms with E-state index in [-0.39, 0.29) is 6.42 Å². The summed E-state index contributed by atoms with van der Waals surface area (Å²) in [6.45, 7) is 1.08. The van der Waals surface area contributed by atoms with Gasteiger partial charge >= 0.3 is 5.97 Å². The molecule has 1 rings (SSSR count). The van der Waals surface area contributed by atoms with Crippen LogP contribution in [0, 0.1) is 0 Å². The lowest BCUT2D eigenvalue weighted by molar-refractivity contribution is -0.139. The number of carboxylic acid groups (broad SMARTS) is 1. The van der Waals surface area contributed by atoms with Gasteiger partial charge in [0.15, 0.2) is 0 Å². The van der Waals surface area contributed by atoms with Crippen LogP contribution in [0.25, 0.3) is 0 Å². The van der Waals surface area contributed by atoms with Gasteiger partial charge in [-0.15, -0.1) is 0 Å². The summed E-state index contributed by atoms with van der Waals surface area (Å²) in [5, 5.41) is 8.50. The number of rotatable bonds is 2. The summed E-state index contributed by atoms with van der Waals surface area (Å²) in [5.41, 5.74) is 5.13. The average Bonchev–Trinajstić information content (AvgIpc) is 1.85. The molecule has 11 heavy (non-hydrogen) atoms. The lowest BCUT2D eigenvalue weighted by Gasteiger charge is -2.31. The zero-order valence-corrected chi connectivity index (χ0v) is 6.38. The third-order valence-corrected chi connectivity index (χ3v) is 1.86. The van der Waals surface area contributed by atoms with Crippen molar-refractivity contribution in [1.82, 2.24) is 0 Å². The fraction of sp³-hybridized carbons (Fsp3) is 0.857. The van der Waals surface area contributed by atoms with E-state index in [1.165, 1.54) is 0 Å². The Morgan fingerprint density at radius 3 is 2.91 bits per heavy atom. The van der Waals surface area contributed by atoms with Crippen LogP contribution >= 0.6 is 0 Å². The van der Waals surface area contributed by atoms with E-state index in [1.807, 2.05) is 0 Å². The van der Waals surface area contributed by atoms with Gasteiger partial charge in [-0.25, -0.2) is 0 Å². The third-order valence-electron chi connectivity index (χ3n) is 1.86. The Balaban J connectivity index is 2.43. The van der Waals surface area contributed by atoms with Crippen LogP contribution in [0.3, 0.4) is 0 Å². The van der Waals surface area contributed by atoms with E-state index in [2.05, 4.69) is 0 Å². The fourth-order valence-corrected chi connectivity index (χ4v) is 1.31. The molecule has 1 saturated heterocycles. The standard InChI is InChI=1S/C7H13NO3/c8-7(4-6(9)10)2-1-3-11-5-7/h1-5,8H2,(H,9,10)/t7-/m1/s1. The van der Waals surface area contributed by atoms with E-state index in [4.69, 9.17) is 15.6 Å². The number of hydrogen-bond donors (Lipinski definition) is 2. The highest BCUT2D eigenvalue weighted by atomic mass is 16.5. The molecule has 4 heteroatoms. The summed E-state index contributed by atoms with van der Waals surface area (Å²) in [4.78, 5) is 10.3. The van der Waals surface area contributed by atoms with Crippen molar-refractivity contribution in [2.24, 2.45) is 5.73 Å². The predicted molar refractivity (Wildman–Crippen MR) is 39.2 cm³/mol. The van der Waals surface area contributed by atoms with Gasteiger partial charge in [0.1, 0.15) is 0 Å².